The molecule has 0 spiro atoms. The molecule has 4 heteroatoms. The molecule has 1 fully saturated rings. The second-order valence-electron chi connectivity index (χ2n) is 5.48. The molecule has 1 aliphatic carbocycles. The minimum Gasteiger partial charge on any atom is -0.347 e. The normalized spacial score (nSPS) is 17.4. The van der Waals surface area contributed by atoms with E-state index >= 15 is 0 Å². The van der Waals surface area contributed by atoms with E-state index in [2.05, 4.69) is 12.2 Å². The van der Waals surface area contributed by atoms with Crippen LogP contribution in [0.3, 0.4) is 0 Å². The Morgan fingerprint density at radius 2 is 1.79 bits per heavy atom. The van der Waals surface area contributed by atoms with Crippen LogP contribution in [-0.4, -0.2) is 11.4 Å². The molecule has 3 nitrogen and oxygen atoms in total. The maximum atomic E-state index is 12.2. The first-order valence-corrected chi connectivity index (χ1v) is 6.74. The molecule has 1 saturated carbocycles. The van der Waals surface area contributed by atoms with E-state index < -0.39 is 0 Å². The van der Waals surface area contributed by atoms with Gasteiger partial charge in [-0.1, -0.05) is 31.4 Å². The smallest absolute Gasteiger partial charge is 0.251 e. The SMILES string of the molecule is CC1(NC(=O)c2ccc(CN)cc2)CCCCC1.Cl. The van der Waals surface area contributed by atoms with Gasteiger partial charge in [0.25, 0.3) is 5.91 Å². The molecule has 3 N–H and O–H groups in total. The van der Waals surface area contributed by atoms with E-state index in [4.69, 9.17) is 5.73 Å². The van der Waals surface area contributed by atoms with E-state index in [1.165, 1.54) is 19.3 Å². The second-order valence-corrected chi connectivity index (χ2v) is 5.48. The fourth-order valence-electron chi connectivity index (χ4n) is 2.60. The molecule has 0 saturated heterocycles. The lowest BCUT2D eigenvalue weighted by atomic mass is 9.83. The van der Waals surface area contributed by atoms with Crippen LogP contribution in [0.1, 0.15) is 54.9 Å². The standard InChI is InChI=1S/C15H22N2O.ClH/c1-15(9-3-2-4-10-15)17-14(18)13-7-5-12(11-16)6-8-13;/h5-8H,2-4,9-11,16H2,1H3,(H,17,18);1H. The Kier molecular flexibility index (Phi) is 5.83. The van der Waals surface area contributed by atoms with Crippen LogP contribution >= 0.6 is 12.4 Å². The van der Waals surface area contributed by atoms with Crippen LogP contribution < -0.4 is 11.1 Å². The molecule has 1 aromatic carbocycles. The molecule has 1 aromatic rings. The molecule has 0 unspecified atom stereocenters. The monoisotopic (exact) mass is 282 g/mol. The van der Waals surface area contributed by atoms with Crippen molar-refractivity contribution in [2.24, 2.45) is 5.73 Å². The number of benzene rings is 1. The summed E-state index contributed by atoms with van der Waals surface area (Å²) >= 11 is 0. The molecule has 0 heterocycles. The summed E-state index contributed by atoms with van der Waals surface area (Å²) < 4.78 is 0. The number of nitrogens with one attached hydrogen (secondary N) is 1. The van der Waals surface area contributed by atoms with E-state index in [1.54, 1.807) is 0 Å². The molecule has 0 aliphatic heterocycles. The average molecular weight is 283 g/mol. The highest BCUT2D eigenvalue weighted by molar-refractivity contribution is 5.94. The zero-order valence-corrected chi connectivity index (χ0v) is 12.3. The maximum Gasteiger partial charge on any atom is 0.251 e. The zero-order valence-electron chi connectivity index (χ0n) is 11.4. The van der Waals surface area contributed by atoms with Gasteiger partial charge in [-0.25, -0.2) is 0 Å². The maximum absolute atomic E-state index is 12.2. The van der Waals surface area contributed by atoms with Gasteiger partial charge in [-0.3, -0.25) is 4.79 Å². The molecule has 1 amide bonds. The predicted octanol–water partition coefficient (Wildman–Crippen LogP) is 3.02. The van der Waals surface area contributed by atoms with Crippen LogP contribution in [0.5, 0.6) is 0 Å². The molecule has 0 bridgehead atoms. The number of rotatable bonds is 3. The highest BCUT2D eigenvalue weighted by atomic mass is 35.5. The van der Waals surface area contributed by atoms with Gasteiger partial charge < -0.3 is 11.1 Å². The summed E-state index contributed by atoms with van der Waals surface area (Å²) in [6.45, 7) is 2.66. The summed E-state index contributed by atoms with van der Waals surface area (Å²) in [5.41, 5.74) is 7.29. The Bertz CT molecular complexity index is 411. The number of nitrogens with two attached hydrogens (primary N) is 1. The number of carbonyl (C=O) groups is 1. The molecular formula is C15H23ClN2O. The molecule has 2 rings (SSSR count). The van der Waals surface area contributed by atoms with Crippen molar-refractivity contribution in [2.45, 2.75) is 51.1 Å². The molecular weight excluding hydrogens is 260 g/mol. The van der Waals surface area contributed by atoms with Crippen LogP contribution in [-0.2, 0) is 6.54 Å². The minimum absolute atomic E-state index is 0. The van der Waals surface area contributed by atoms with Crippen molar-refractivity contribution in [2.75, 3.05) is 0 Å². The van der Waals surface area contributed by atoms with Gasteiger partial charge in [-0.2, -0.15) is 0 Å². The lowest BCUT2D eigenvalue weighted by Crippen LogP contribution is -2.47. The molecule has 0 aromatic heterocycles. The van der Waals surface area contributed by atoms with Crippen molar-refractivity contribution in [3.63, 3.8) is 0 Å². The van der Waals surface area contributed by atoms with Crippen molar-refractivity contribution < 1.29 is 4.79 Å². The van der Waals surface area contributed by atoms with Crippen molar-refractivity contribution in [1.29, 1.82) is 0 Å². The number of carbonyl (C=O) groups excluding carboxylic acids is 1. The molecule has 19 heavy (non-hydrogen) atoms. The fourth-order valence-corrected chi connectivity index (χ4v) is 2.60. The number of hydrogen-bond donors (Lipinski definition) is 2. The first-order valence-electron chi connectivity index (χ1n) is 6.74. The first kappa shape index (κ1) is 16.0. The van der Waals surface area contributed by atoms with E-state index in [1.807, 2.05) is 24.3 Å². The van der Waals surface area contributed by atoms with Gasteiger partial charge in [0.2, 0.25) is 0 Å². The molecule has 106 valence electrons. The molecule has 0 atom stereocenters. The van der Waals surface area contributed by atoms with Crippen molar-refractivity contribution in [3.05, 3.63) is 35.4 Å². The zero-order chi connectivity index (χ0) is 13.0. The summed E-state index contributed by atoms with van der Waals surface area (Å²) in [5.74, 6) is 0.0305. The summed E-state index contributed by atoms with van der Waals surface area (Å²) in [5, 5.41) is 3.18. The first-order chi connectivity index (χ1) is 8.63. The summed E-state index contributed by atoms with van der Waals surface area (Å²) in [6.07, 6.45) is 5.88. The fraction of sp³-hybridized carbons (Fsp3) is 0.533. The third kappa shape index (κ3) is 4.22. The quantitative estimate of drug-likeness (QED) is 0.895. The van der Waals surface area contributed by atoms with E-state index in [9.17, 15) is 4.79 Å². The largest absolute Gasteiger partial charge is 0.347 e. The van der Waals surface area contributed by atoms with E-state index in [0.29, 0.717) is 6.54 Å². The van der Waals surface area contributed by atoms with Gasteiger partial charge in [0.1, 0.15) is 0 Å². The van der Waals surface area contributed by atoms with Crippen LogP contribution in [0.2, 0.25) is 0 Å². The lowest BCUT2D eigenvalue weighted by Gasteiger charge is -2.34. The Labute approximate surface area is 121 Å². The third-order valence-corrected chi connectivity index (χ3v) is 3.82. The minimum atomic E-state index is -0.0259. The van der Waals surface area contributed by atoms with Gasteiger partial charge in [0.15, 0.2) is 0 Å². The Balaban J connectivity index is 0.00000180. The number of amides is 1. The highest BCUT2D eigenvalue weighted by Crippen LogP contribution is 2.27. The van der Waals surface area contributed by atoms with Crippen LogP contribution in [0, 0.1) is 0 Å². The van der Waals surface area contributed by atoms with Crippen molar-refractivity contribution in [1.82, 2.24) is 5.32 Å². The third-order valence-electron chi connectivity index (χ3n) is 3.82. The van der Waals surface area contributed by atoms with Crippen molar-refractivity contribution >= 4 is 18.3 Å². The van der Waals surface area contributed by atoms with Crippen LogP contribution in [0.15, 0.2) is 24.3 Å². The Morgan fingerprint density at radius 3 is 2.32 bits per heavy atom. The Hall–Kier alpha value is -1.06. The summed E-state index contributed by atoms with van der Waals surface area (Å²) in [7, 11) is 0. The highest BCUT2D eigenvalue weighted by Gasteiger charge is 2.28. The molecule has 0 radical (unpaired) electrons. The number of hydrogen-bond acceptors (Lipinski definition) is 2. The summed E-state index contributed by atoms with van der Waals surface area (Å²) in [4.78, 5) is 12.2. The van der Waals surface area contributed by atoms with Gasteiger partial charge in [0, 0.05) is 17.6 Å². The predicted molar refractivity (Wildman–Crippen MR) is 80.5 cm³/mol. The Morgan fingerprint density at radius 1 is 1.21 bits per heavy atom. The molecule has 1 aliphatic rings. The van der Waals surface area contributed by atoms with Gasteiger partial charge >= 0.3 is 0 Å². The number of halogens is 1. The van der Waals surface area contributed by atoms with Crippen LogP contribution in [0.25, 0.3) is 0 Å². The summed E-state index contributed by atoms with van der Waals surface area (Å²) in [6, 6.07) is 7.53. The lowest BCUT2D eigenvalue weighted by molar-refractivity contribution is 0.0882. The van der Waals surface area contributed by atoms with E-state index in [-0.39, 0.29) is 23.9 Å². The van der Waals surface area contributed by atoms with Gasteiger partial charge in [-0.05, 0) is 37.5 Å². The van der Waals surface area contributed by atoms with E-state index in [0.717, 1.165) is 24.0 Å². The average Bonchev–Trinajstić information content (AvgIpc) is 2.39. The topological polar surface area (TPSA) is 55.1 Å². The van der Waals surface area contributed by atoms with Crippen molar-refractivity contribution in [3.8, 4) is 0 Å². The second kappa shape index (κ2) is 6.92. The van der Waals surface area contributed by atoms with Gasteiger partial charge in [-0.15, -0.1) is 12.4 Å². The van der Waals surface area contributed by atoms with Gasteiger partial charge in [0.05, 0.1) is 0 Å². The van der Waals surface area contributed by atoms with Crippen LogP contribution in [0.4, 0.5) is 0 Å².